The van der Waals surface area contributed by atoms with E-state index in [1.54, 1.807) is 11.1 Å². The van der Waals surface area contributed by atoms with Gasteiger partial charge in [0.05, 0.1) is 12.4 Å². The Morgan fingerprint density at radius 1 is 1.32 bits per heavy atom. The molecule has 0 aliphatic carbocycles. The lowest BCUT2D eigenvalue weighted by Gasteiger charge is -2.40. The summed E-state index contributed by atoms with van der Waals surface area (Å²) in [4.78, 5) is 34.8. The number of rotatable bonds is 2. The van der Waals surface area contributed by atoms with Crippen LogP contribution in [0.2, 0.25) is 0 Å². The van der Waals surface area contributed by atoms with E-state index in [9.17, 15) is 9.59 Å². The van der Waals surface area contributed by atoms with Crippen LogP contribution in [-0.4, -0.2) is 58.5 Å². The number of carbonyl (C=O) groups excluding carboxylic acids is 2. The molecule has 120 valence electrons. The van der Waals surface area contributed by atoms with E-state index in [2.05, 4.69) is 14.9 Å². The van der Waals surface area contributed by atoms with Gasteiger partial charge in [-0.05, 0) is 27.7 Å². The van der Waals surface area contributed by atoms with E-state index < -0.39 is 5.60 Å². The SMILES string of the molecule is CC1CN(C(=O)OC(C)(C)C)CCN1c1cnc(C=O)cn1. The lowest BCUT2D eigenvalue weighted by molar-refractivity contribution is 0.0218. The molecule has 1 saturated heterocycles. The highest BCUT2D eigenvalue weighted by Gasteiger charge is 2.30. The number of aldehydes is 1. The molecule has 0 aromatic carbocycles. The number of hydrogen-bond donors (Lipinski definition) is 0. The summed E-state index contributed by atoms with van der Waals surface area (Å²) in [7, 11) is 0. The Balaban J connectivity index is 2.00. The minimum absolute atomic E-state index is 0.0950. The Kier molecular flexibility index (Phi) is 4.63. The normalized spacial score (nSPS) is 19.0. The third-order valence-corrected chi connectivity index (χ3v) is 3.35. The summed E-state index contributed by atoms with van der Waals surface area (Å²) < 4.78 is 5.40. The summed E-state index contributed by atoms with van der Waals surface area (Å²) in [5.41, 5.74) is -0.183. The standard InChI is InChI=1S/C15H22N4O3/c1-11-9-18(14(21)22-15(2,3)4)5-6-19(11)13-8-16-12(10-20)7-17-13/h7-8,10-11H,5-6,9H2,1-4H3. The molecule has 0 saturated carbocycles. The molecule has 22 heavy (non-hydrogen) atoms. The second-order valence-corrected chi connectivity index (χ2v) is 6.39. The molecule has 7 nitrogen and oxygen atoms in total. The van der Waals surface area contributed by atoms with Crippen LogP contribution in [0, 0.1) is 0 Å². The zero-order chi connectivity index (χ0) is 16.3. The van der Waals surface area contributed by atoms with Crippen molar-refractivity contribution in [1.29, 1.82) is 0 Å². The second kappa shape index (κ2) is 6.29. The number of carbonyl (C=O) groups is 2. The van der Waals surface area contributed by atoms with Crippen LogP contribution in [0.5, 0.6) is 0 Å². The topological polar surface area (TPSA) is 75.6 Å². The van der Waals surface area contributed by atoms with Crippen LogP contribution in [0.1, 0.15) is 38.2 Å². The maximum Gasteiger partial charge on any atom is 0.410 e. The Hall–Kier alpha value is -2.18. The molecule has 2 rings (SSSR count). The third kappa shape index (κ3) is 3.93. The van der Waals surface area contributed by atoms with E-state index in [0.29, 0.717) is 37.4 Å². The number of anilines is 1. The van der Waals surface area contributed by atoms with Gasteiger partial charge >= 0.3 is 6.09 Å². The quantitative estimate of drug-likeness (QED) is 0.775. The van der Waals surface area contributed by atoms with Crippen LogP contribution >= 0.6 is 0 Å². The van der Waals surface area contributed by atoms with Gasteiger partial charge in [-0.2, -0.15) is 0 Å². The van der Waals surface area contributed by atoms with Crippen molar-refractivity contribution in [3.05, 3.63) is 18.1 Å². The van der Waals surface area contributed by atoms with Gasteiger partial charge in [-0.25, -0.2) is 14.8 Å². The monoisotopic (exact) mass is 306 g/mol. The van der Waals surface area contributed by atoms with Crippen LogP contribution in [0.15, 0.2) is 12.4 Å². The number of hydrogen-bond acceptors (Lipinski definition) is 6. The highest BCUT2D eigenvalue weighted by atomic mass is 16.6. The fourth-order valence-corrected chi connectivity index (χ4v) is 2.33. The number of ether oxygens (including phenoxy) is 1. The number of aromatic nitrogens is 2. The molecule has 1 aliphatic rings. The summed E-state index contributed by atoms with van der Waals surface area (Å²) in [6, 6.07) is 0.0950. The average Bonchev–Trinajstić information content (AvgIpc) is 2.45. The van der Waals surface area contributed by atoms with Crippen LogP contribution in [0.25, 0.3) is 0 Å². The fourth-order valence-electron chi connectivity index (χ4n) is 2.33. The van der Waals surface area contributed by atoms with Crippen molar-refractivity contribution in [2.24, 2.45) is 0 Å². The van der Waals surface area contributed by atoms with E-state index >= 15 is 0 Å². The molecular weight excluding hydrogens is 284 g/mol. The molecule has 0 spiro atoms. The van der Waals surface area contributed by atoms with Gasteiger partial charge in [0.15, 0.2) is 6.29 Å². The smallest absolute Gasteiger partial charge is 0.410 e. The predicted octanol–water partition coefficient (Wildman–Crippen LogP) is 1.73. The minimum Gasteiger partial charge on any atom is -0.444 e. The maximum absolute atomic E-state index is 12.1. The Morgan fingerprint density at radius 2 is 2.05 bits per heavy atom. The van der Waals surface area contributed by atoms with Gasteiger partial charge in [-0.1, -0.05) is 0 Å². The van der Waals surface area contributed by atoms with Crippen LogP contribution < -0.4 is 4.90 Å². The van der Waals surface area contributed by atoms with Gasteiger partial charge in [0.2, 0.25) is 0 Å². The number of nitrogens with zero attached hydrogens (tertiary/aromatic N) is 4. The van der Waals surface area contributed by atoms with Gasteiger partial charge < -0.3 is 14.5 Å². The van der Waals surface area contributed by atoms with Gasteiger partial charge in [0.1, 0.15) is 17.1 Å². The zero-order valence-electron chi connectivity index (χ0n) is 13.4. The highest BCUT2D eigenvalue weighted by molar-refractivity contribution is 5.71. The summed E-state index contributed by atoms with van der Waals surface area (Å²) >= 11 is 0. The van der Waals surface area contributed by atoms with E-state index in [0.717, 1.165) is 0 Å². The highest BCUT2D eigenvalue weighted by Crippen LogP contribution is 2.19. The van der Waals surface area contributed by atoms with Gasteiger partial charge in [-0.3, -0.25) is 4.79 Å². The van der Waals surface area contributed by atoms with Crippen molar-refractivity contribution in [2.45, 2.75) is 39.3 Å². The Labute approximate surface area is 130 Å². The van der Waals surface area contributed by atoms with Crippen molar-refractivity contribution >= 4 is 18.2 Å². The molecule has 2 heterocycles. The lowest BCUT2D eigenvalue weighted by atomic mass is 10.2. The fraction of sp³-hybridized carbons (Fsp3) is 0.600. The largest absolute Gasteiger partial charge is 0.444 e. The molecule has 1 unspecified atom stereocenters. The minimum atomic E-state index is -0.492. The van der Waals surface area contributed by atoms with Crippen molar-refractivity contribution in [3.63, 3.8) is 0 Å². The predicted molar refractivity (Wildman–Crippen MR) is 82.0 cm³/mol. The van der Waals surface area contributed by atoms with Crippen molar-refractivity contribution in [3.8, 4) is 0 Å². The summed E-state index contributed by atoms with van der Waals surface area (Å²) in [6.45, 7) is 9.36. The molecule has 1 aromatic heterocycles. The van der Waals surface area contributed by atoms with Crippen molar-refractivity contribution < 1.29 is 14.3 Å². The van der Waals surface area contributed by atoms with E-state index in [1.165, 1.54) is 6.20 Å². The molecule has 1 aromatic rings. The van der Waals surface area contributed by atoms with E-state index in [4.69, 9.17) is 4.74 Å². The molecule has 1 aliphatic heterocycles. The Bertz CT molecular complexity index is 539. The summed E-state index contributed by atoms with van der Waals surface area (Å²) in [5.74, 6) is 0.710. The van der Waals surface area contributed by atoms with Gasteiger partial charge in [-0.15, -0.1) is 0 Å². The molecular formula is C15H22N4O3. The molecule has 7 heteroatoms. The molecule has 0 N–H and O–H groups in total. The third-order valence-electron chi connectivity index (χ3n) is 3.35. The molecule has 1 amide bonds. The first kappa shape index (κ1) is 16.2. The average molecular weight is 306 g/mol. The number of piperazine rings is 1. The first-order chi connectivity index (χ1) is 10.3. The summed E-state index contributed by atoms with van der Waals surface area (Å²) in [6.07, 6.45) is 3.42. The molecule has 1 fully saturated rings. The summed E-state index contributed by atoms with van der Waals surface area (Å²) in [5, 5.41) is 0. The van der Waals surface area contributed by atoms with Crippen LogP contribution in [0.4, 0.5) is 10.6 Å². The lowest BCUT2D eigenvalue weighted by Crippen LogP contribution is -2.54. The van der Waals surface area contributed by atoms with Crippen molar-refractivity contribution in [1.82, 2.24) is 14.9 Å². The number of amides is 1. The van der Waals surface area contributed by atoms with Crippen molar-refractivity contribution in [2.75, 3.05) is 24.5 Å². The first-order valence-electron chi connectivity index (χ1n) is 7.32. The van der Waals surface area contributed by atoms with E-state index in [-0.39, 0.29) is 12.1 Å². The van der Waals surface area contributed by atoms with Crippen LogP contribution in [-0.2, 0) is 4.74 Å². The maximum atomic E-state index is 12.1. The van der Waals surface area contributed by atoms with E-state index in [1.807, 2.05) is 27.7 Å². The molecule has 0 bridgehead atoms. The van der Waals surface area contributed by atoms with Crippen LogP contribution in [0.3, 0.4) is 0 Å². The Morgan fingerprint density at radius 3 is 2.55 bits per heavy atom. The van der Waals surface area contributed by atoms with Gasteiger partial charge in [0, 0.05) is 25.7 Å². The first-order valence-corrected chi connectivity index (χ1v) is 7.32. The molecule has 1 atom stereocenters. The second-order valence-electron chi connectivity index (χ2n) is 6.39. The zero-order valence-corrected chi connectivity index (χ0v) is 13.4. The molecule has 0 radical (unpaired) electrons. The van der Waals surface area contributed by atoms with Gasteiger partial charge in [0.25, 0.3) is 0 Å².